The second kappa shape index (κ2) is 5.01. The van der Waals surface area contributed by atoms with Gasteiger partial charge in [0.1, 0.15) is 0 Å². The number of rotatable bonds is 3. The molecule has 0 aliphatic rings. The highest BCUT2D eigenvalue weighted by Gasteiger charge is 2.04. The first-order valence-electron chi connectivity index (χ1n) is 5.98. The third-order valence-electron chi connectivity index (χ3n) is 2.83. The van der Waals surface area contributed by atoms with Crippen molar-refractivity contribution >= 4 is 23.1 Å². The average Bonchev–Trinajstić information content (AvgIpc) is 2.35. The van der Waals surface area contributed by atoms with Gasteiger partial charge in [0.05, 0.1) is 5.52 Å². The van der Waals surface area contributed by atoms with Crippen LogP contribution < -0.4 is 0 Å². The largest absolute Gasteiger partial charge is 0.252 e. The van der Waals surface area contributed by atoms with Crippen LogP contribution in [0.4, 0.5) is 0 Å². The summed E-state index contributed by atoms with van der Waals surface area (Å²) in [5.41, 5.74) is 5.26. The molecule has 0 radical (unpaired) electrons. The molecule has 0 aliphatic heterocycles. The summed E-state index contributed by atoms with van der Waals surface area (Å²) in [7, 11) is 0. The van der Waals surface area contributed by atoms with E-state index >= 15 is 0 Å². The van der Waals surface area contributed by atoms with Gasteiger partial charge in [-0.2, -0.15) is 0 Å². The fraction of sp³-hybridized carbons (Fsp3) is 0.118. The smallest absolute Gasteiger partial charge is 0.0783 e. The molecule has 1 aromatic carbocycles. The van der Waals surface area contributed by atoms with Crippen LogP contribution in [0.3, 0.4) is 0 Å². The molecule has 0 N–H and O–H groups in total. The maximum absolute atomic E-state index is 4.61. The highest BCUT2D eigenvalue weighted by molar-refractivity contribution is 5.91. The van der Waals surface area contributed by atoms with Crippen LogP contribution in [-0.4, -0.2) is 4.98 Å². The summed E-state index contributed by atoms with van der Waals surface area (Å²) in [4.78, 5) is 4.61. The number of fused-ring (bicyclic) bond motifs is 1. The lowest BCUT2D eigenvalue weighted by atomic mass is 10.0. The third kappa shape index (κ3) is 2.40. The molecule has 0 saturated heterocycles. The molecule has 0 atom stereocenters. The summed E-state index contributed by atoms with van der Waals surface area (Å²) in [6.45, 7) is 11.8. The molecule has 1 heteroatoms. The maximum Gasteiger partial charge on any atom is 0.0783 e. The van der Waals surface area contributed by atoms with Gasteiger partial charge >= 0.3 is 0 Å². The zero-order valence-corrected chi connectivity index (χ0v) is 10.9. The Bertz CT molecular complexity index is 648. The van der Waals surface area contributed by atoms with Crippen LogP contribution in [0.5, 0.6) is 0 Å². The molecule has 0 saturated carbocycles. The minimum Gasteiger partial charge on any atom is -0.252 e. The minimum atomic E-state index is 1.01. The van der Waals surface area contributed by atoms with Crippen molar-refractivity contribution in [2.45, 2.75) is 13.8 Å². The Morgan fingerprint density at radius 1 is 1.22 bits per heavy atom. The fourth-order valence-corrected chi connectivity index (χ4v) is 1.92. The van der Waals surface area contributed by atoms with Gasteiger partial charge in [0.15, 0.2) is 0 Å². The molecule has 18 heavy (non-hydrogen) atoms. The Balaban J connectivity index is 2.68. The van der Waals surface area contributed by atoms with Crippen LogP contribution in [0.1, 0.15) is 23.7 Å². The van der Waals surface area contributed by atoms with Crippen LogP contribution in [0.25, 0.3) is 23.1 Å². The van der Waals surface area contributed by atoms with Gasteiger partial charge in [-0.05, 0) is 25.5 Å². The third-order valence-corrected chi connectivity index (χ3v) is 2.83. The van der Waals surface area contributed by atoms with Gasteiger partial charge in [-0.15, -0.1) is 0 Å². The predicted molar refractivity (Wildman–Crippen MR) is 80.4 cm³/mol. The normalized spacial score (nSPS) is 11.0. The predicted octanol–water partition coefficient (Wildman–Crippen LogP) is 4.78. The monoisotopic (exact) mass is 235 g/mol. The zero-order valence-electron chi connectivity index (χ0n) is 10.9. The first-order chi connectivity index (χ1) is 8.61. The van der Waals surface area contributed by atoms with Gasteiger partial charge in [0, 0.05) is 16.6 Å². The molecule has 0 bridgehead atoms. The van der Waals surface area contributed by atoms with Crippen molar-refractivity contribution in [3.63, 3.8) is 0 Å². The number of benzene rings is 1. The van der Waals surface area contributed by atoms with Gasteiger partial charge in [-0.25, -0.2) is 0 Å². The standard InChI is InChI=1S/C17H17N/c1-5-16-14(8-6-12(2)3)10-11-15-9-7-13(4)18-17(15)16/h5-11H,1-2H2,3-4H3/b8-6-. The molecule has 0 aliphatic carbocycles. The first-order valence-corrected chi connectivity index (χ1v) is 5.98. The summed E-state index contributed by atoms with van der Waals surface area (Å²) in [5.74, 6) is 0. The molecule has 0 fully saturated rings. The van der Waals surface area contributed by atoms with Gasteiger partial charge in [-0.3, -0.25) is 4.98 Å². The molecule has 90 valence electrons. The second-order valence-electron chi connectivity index (χ2n) is 4.48. The Kier molecular flexibility index (Phi) is 3.42. The van der Waals surface area contributed by atoms with E-state index in [9.17, 15) is 0 Å². The number of aromatic nitrogens is 1. The van der Waals surface area contributed by atoms with Crippen molar-refractivity contribution in [2.24, 2.45) is 0 Å². The van der Waals surface area contributed by atoms with Crippen LogP contribution in [0.15, 0.2) is 49.1 Å². The molecule has 0 spiro atoms. The molecular weight excluding hydrogens is 218 g/mol. The lowest BCUT2D eigenvalue weighted by Crippen LogP contribution is -1.89. The molecular formula is C17H17N. The average molecular weight is 235 g/mol. The Morgan fingerprint density at radius 2 is 1.94 bits per heavy atom. The van der Waals surface area contributed by atoms with E-state index in [-0.39, 0.29) is 0 Å². The van der Waals surface area contributed by atoms with Crippen LogP contribution in [0, 0.1) is 6.92 Å². The summed E-state index contributed by atoms with van der Waals surface area (Å²) in [5, 5.41) is 1.14. The quantitative estimate of drug-likeness (QED) is 0.698. The maximum atomic E-state index is 4.61. The Hall–Kier alpha value is -2.15. The van der Waals surface area contributed by atoms with E-state index in [1.165, 1.54) is 0 Å². The number of aryl methyl sites for hydroxylation is 1. The molecule has 2 rings (SSSR count). The van der Waals surface area contributed by atoms with Gasteiger partial charge in [-0.1, -0.05) is 55.2 Å². The molecule has 0 amide bonds. The molecule has 1 nitrogen and oxygen atoms in total. The van der Waals surface area contributed by atoms with Crippen molar-refractivity contribution in [1.82, 2.24) is 4.98 Å². The number of hydrogen-bond donors (Lipinski definition) is 0. The van der Waals surface area contributed by atoms with Crippen molar-refractivity contribution < 1.29 is 0 Å². The van der Waals surface area contributed by atoms with Crippen molar-refractivity contribution in [3.8, 4) is 0 Å². The van der Waals surface area contributed by atoms with Crippen molar-refractivity contribution in [2.75, 3.05) is 0 Å². The highest BCUT2D eigenvalue weighted by Crippen LogP contribution is 2.23. The lowest BCUT2D eigenvalue weighted by molar-refractivity contribution is 1.25. The number of allylic oxidation sites excluding steroid dienone is 2. The molecule has 1 heterocycles. The second-order valence-corrected chi connectivity index (χ2v) is 4.48. The van der Waals surface area contributed by atoms with E-state index in [0.29, 0.717) is 0 Å². The van der Waals surface area contributed by atoms with Crippen LogP contribution in [-0.2, 0) is 0 Å². The van der Waals surface area contributed by atoms with E-state index in [1.807, 2.05) is 32.1 Å². The molecule has 0 unspecified atom stereocenters. The summed E-state index contributed by atoms with van der Waals surface area (Å²) < 4.78 is 0. The molecule has 2 aromatic rings. The Labute approximate surface area is 108 Å². The topological polar surface area (TPSA) is 12.9 Å². The zero-order chi connectivity index (χ0) is 13.1. The fourth-order valence-electron chi connectivity index (χ4n) is 1.92. The number of pyridine rings is 1. The van der Waals surface area contributed by atoms with E-state index < -0.39 is 0 Å². The Morgan fingerprint density at radius 3 is 2.61 bits per heavy atom. The van der Waals surface area contributed by atoms with Crippen LogP contribution >= 0.6 is 0 Å². The van der Waals surface area contributed by atoms with Gasteiger partial charge in [0.2, 0.25) is 0 Å². The van der Waals surface area contributed by atoms with Gasteiger partial charge in [0.25, 0.3) is 0 Å². The van der Waals surface area contributed by atoms with Gasteiger partial charge < -0.3 is 0 Å². The number of hydrogen-bond acceptors (Lipinski definition) is 1. The van der Waals surface area contributed by atoms with E-state index in [1.54, 1.807) is 0 Å². The van der Waals surface area contributed by atoms with E-state index in [2.05, 4.69) is 42.4 Å². The minimum absolute atomic E-state index is 1.01. The summed E-state index contributed by atoms with van der Waals surface area (Å²) in [6.07, 6.45) is 5.93. The molecule has 1 aromatic heterocycles. The van der Waals surface area contributed by atoms with Crippen molar-refractivity contribution in [1.29, 1.82) is 0 Å². The lowest BCUT2D eigenvalue weighted by Gasteiger charge is -2.07. The summed E-state index contributed by atoms with van der Waals surface area (Å²) in [6, 6.07) is 8.30. The van der Waals surface area contributed by atoms with Crippen molar-refractivity contribution in [3.05, 3.63) is 65.9 Å². The highest BCUT2D eigenvalue weighted by atomic mass is 14.7. The van der Waals surface area contributed by atoms with Crippen LogP contribution in [0.2, 0.25) is 0 Å². The SMILES string of the molecule is C=Cc1c(/C=C\C(=C)C)ccc2ccc(C)nc12. The van der Waals surface area contributed by atoms with E-state index in [0.717, 1.165) is 33.3 Å². The first kappa shape index (κ1) is 12.3. The number of nitrogens with zero attached hydrogens (tertiary/aromatic N) is 1. The summed E-state index contributed by atoms with van der Waals surface area (Å²) >= 11 is 0. The van der Waals surface area contributed by atoms with E-state index in [4.69, 9.17) is 0 Å².